The van der Waals surface area contributed by atoms with Gasteiger partial charge in [0.1, 0.15) is 0 Å². The summed E-state index contributed by atoms with van der Waals surface area (Å²) < 4.78 is 3.11. The zero-order chi connectivity index (χ0) is 13.5. The first kappa shape index (κ1) is 15.2. The average Bonchev–Trinajstić information content (AvgIpc) is 2.60. The van der Waals surface area contributed by atoms with Gasteiger partial charge in [0, 0.05) is 25.3 Å². The molecule has 0 unspecified atom stereocenters. The lowest BCUT2D eigenvalue weighted by atomic mass is 10.4. The summed E-state index contributed by atoms with van der Waals surface area (Å²) in [6, 6.07) is 0. The number of aromatic nitrogens is 2. The van der Waals surface area contributed by atoms with E-state index in [1.807, 2.05) is 11.6 Å². The van der Waals surface area contributed by atoms with Crippen LogP contribution in [0.5, 0.6) is 0 Å². The van der Waals surface area contributed by atoms with E-state index in [0.717, 1.165) is 29.7 Å². The SMILES string of the molecule is C=CCNC(=S)NCCCn1nc(C)c(Br)c1C. The van der Waals surface area contributed by atoms with Crippen LogP contribution in [0.1, 0.15) is 17.8 Å². The predicted octanol–water partition coefficient (Wildman–Crippen LogP) is 2.30. The molecule has 1 aromatic heterocycles. The summed E-state index contributed by atoms with van der Waals surface area (Å²) in [5, 5.41) is 11.3. The van der Waals surface area contributed by atoms with Crippen LogP contribution in [0, 0.1) is 13.8 Å². The molecule has 0 atom stereocenters. The minimum Gasteiger partial charge on any atom is -0.363 e. The van der Waals surface area contributed by atoms with Gasteiger partial charge in [-0.25, -0.2) is 0 Å². The fourth-order valence-electron chi connectivity index (χ4n) is 1.55. The van der Waals surface area contributed by atoms with Crippen LogP contribution in [0.15, 0.2) is 17.1 Å². The van der Waals surface area contributed by atoms with Gasteiger partial charge in [-0.2, -0.15) is 5.10 Å². The average molecular weight is 331 g/mol. The Balaban J connectivity index is 2.27. The Kier molecular flexibility index (Phi) is 6.35. The van der Waals surface area contributed by atoms with E-state index in [9.17, 15) is 0 Å². The van der Waals surface area contributed by atoms with E-state index in [2.05, 4.69) is 45.2 Å². The number of hydrogen-bond acceptors (Lipinski definition) is 2. The van der Waals surface area contributed by atoms with E-state index in [1.54, 1.807) is 6.08 Å². The molecule has 0 aromatic carbocycles. The Labute approximate surface area is 122 Å². The van der Waals surface area contributed by atoms with E-state index in [0.29, 0.717) is 11.7 Å². The zero-order valence-corrected chi connectivity index (χ0v) is 13.2. The van der Waals surface area contributed by atoms with Gasteiger partial charge in [0.05, 0.1) is 10.2 Å². The second kappa shape index (κ2) is 7.53. The van der Waals surface area contributed by atoms with Crippen molar-refractivity contribution in [2.75, 3.05) is 13.1 Å². The molecule has 2 N–H and O–H groups in total. The molecule has 1 heterocycles. The lowest BCUT2D eigenvalue weighted by molar-refractivity contribution is 0.556. The number of nitrogens with zero attached hydrogens (tertiary/aromatic N) is 2. The van der Waals surface area contributed by atoms with Crippen LogP contribution in [0.3, 0.4) is 0 Å². The number of hydrogen-bond donors (Lipinski definition) is 2. The standard InChI is InChI=1S/C12H19BrN4S/c1-4-6-14-12(18)15-7-5-8-17-10(3)11(13)9(2)16-17/h4H,1,5-8H2,2-3H3,(H2,14,15,18). The molecule has 0 bridgehead atoms. The Hall–Kier alpha value is -0.880. The topological polar surface area (TPSA) is 41.9 Å². The lowest BCUT2D eigenvalue weighted by Crippen LogP contribution is -2.36. The normalized spacial score (nSPS) is 10.2. The van der Waals surface area contributed by atoms with Gasteiger partial charge in [0.2, 0.25) is 0 Å². The predicted molar refractivity (Wildman–Crippen MR) is 82.8 cm³/mol. The summed E-state index contributed by atoms with van der Waals surface area (Å²) >= 11 is 8.62. The smallest absolute Gasteiger partial charge is 0.166 e. The third-order valence-electron chi connectivity index (χ3n) is 2.53. The summed E-state index contributed by atoms with van der Waals surface area (Å²) in [5.74, 6) is 0. The van der Waals surface area contributed by atoms with E-state index >= 15 is 0 Å². The summed E-state index contributed by atoms with van der Waals surface area (Å²) in [4.78, 5) is 0. The van der Waals surface area contributed by atoms with Crippen molar-refractivity contribution in [3.8, 4) is 0 Å². The van der Waals surface area contributed by atoms with Crippen LogP contribution >= 0.6 is 28.1 Å². The van der Waals surface area contributed by atoms with Crippen LogP contribution in [-0.2, 0) is 6.54 Å². The number of rotatable bonds is 6. The van der Waals surface area contributed by atoms with Gasteiger partial charge in [-0.15, -0.1) is 6.58 Å². The Bertz CT molecular complexity index is 428. The molecule has 100 valence electrons. The van der Waals surface area contributed by atoms with Gasteiger partial charge < -0.3 is 10.6 Å². The van der Waals surface area contributed by atoms with Crippen molar-refractivity contribution < 1.29 is 0 Å². The molecule has 0 spiro atoms. The van der Waals surface area contributed by atoms with Crippen LogP contribution in [0.4, 0.5) is 0 Å². The molecule has 0 radical (unpaired) electrons. The molecule has 4 nitrogen and oxygen atoms in total. The van der Waals surface area contributed by atoms with Crippen molar-refractivity contribution in [2.45, 2.75) is 26.8 Å². The lowest BCUT2D eigenvalue weighted by Gasteiger charge is -2.09. The first-order chi connectivity index (χ1) is 8.56. The Morgan fingerprint density at radius 3 is 2.78 bits per heavy atom. The maximum atomic E-state index is 5.10. The van der Waals surface area contributed by atoms with E-state index in [4.69, 9.17) is 12.2 Å². The van der Waals surface area contributed by atoms with Crippen molar-refractivity contribution >= 4 is 33.3 Å². The molecule has 1 rings (SSSR count). The van der Waals surface area contributed by atoms with E-state index in [-0.39, 0.29) is 0 Å². The first-order valence-electron chi connectivity index (χ1n) is 5.88. The zero-order valence-electron chi connectivity index (χ0n) is 10.8. The number of thiocarbonyl (C=S) groups is 1. The van der Waals surface area contributed by atoms with Crippen LogP contribution in [0.25, 0.3) is 0 Å². The van der Waals surface area contributed by atoms with Gasteiger partial charge in [0.15, 0.2) is 5.11 Å². The van der Waals surface area contributed by atoms with Crippen molar-refractivity contribution in [1.29, 1.82) is 0 Å². The quantitative estimate of drug-likeness (QED) is 0.477. The number of nitrogens with one attached hydrogen (secondary N) is 2. The Morgan fingerprint density at radius 1 is 1.50 bits per heavy atom. The maximum absolute atomic E-state index is 5.10. The van der Waals surface area contributed by atoms with Gasteiger partial charge in [0.25, 0.3) is 0 Å². The summed E-state index contributed by atoms with van der Waals surface area (Å²) in [7, 11) is 0. The molecule has 0 aliphatic carbocycles. The molecule has 1 aromatic rings. The van der Waals surface area contributed by atoms with Crippen molar-refractivity contribution in [3.05, 3.63) is 28.5 Å². The molecule has 0 aliphatic heterocycles. The minimum absolute atomic E-state index is 0.671. The fourth-order valence-corrected chi connectivity index (χ4v) is 2.02. The van der Waals surface area contributed by atoms with Crippen LogP contribution < -0.4 is 10.6 Å². The van der Waals surface area contributed by atoms with Crippen LogP contribution in [-0.4, -0.2) is 28.0 Å². The monoisotopic (exact) mass is 330 g/mol. The summed E-state index contributed by atoms with van der Waals surface area (Å²) in [6.45, 7) is 10.1. The highest BCUT2D eigenvalue weighted by Crippen LogP contribution is 2.19. The Morgan fingerprint density at radius 2 is 2.22 bits per heavy atom. The number of aryl methyl sites for hydroxylation is 2. The van der Waals surface area contributed by atoms with Crippen molar-refractivity contribution in [3.63, 3.8) is 0 Å². The second-order valence-corrected chi connectivity index (χ2v) is 5.19. The third kappa shape index (κ3) is 4.42. The highest BCUT2D eigenvalue weighted by Gasteiger charge is 2.07. The number of halogens is 1. The van der Waals surface area contributed by atoms with E-state index < -0.39 is 0 Å². The largest absolute Gasteiger partial charge is 0.363 e. The van der Waals surface area contributed by atoms with Crippen molar-refractivity contribution in [1.82, 2.24) is 20.4 Å². The minimum atomic E-state index is 0.671. The third-order valence-corrected chi connectivity index (χ3v) is 3.97. The highest BCUT2D eigenvalue weighted by atomic mass is 79.9. The molecule has 0 fully saturated rings. The molecule has 6 heteroatoms. The summed E-state index contributed by atoms with van der Waals surface area (Å²) in [5.41, 5.74) is 2.20. The van der Waals surface area contributed by atoms with Crippen molar-refractivity contribution in [2.24, 2.45) is 0 Å². The van der Waals surface area contributed by atoms with E-state index in [1.165, 1.54) is 5.69 Å². The van der Waals surface area contributed by atoms with Gasteiger partial charge in [-0.3, -0.25) is 4.68 Å². The first-order valence-corrected chi connectivity index (χ1v) is 7.08. The van der Waals surface area contributed by atoms with Crippen LogP contribution in [0.2, 0.25) is 0 Å². The maximum Gasteiger partial charge on any atom is 0.166 e. The molecule has 0 aliphatic rings. The van der Waals surface area contributed by atoms with Gasteiger partial charge in [-0.1, -0.05) is 6.08 Å². The fraction of sp³-hybridized carbons (Fsp3) is 0.500. The molecule has 0 amide bonds. The molecule has 0 saturated carbocycles. The molecule has 0 saturated heterocycles. The molecular formula is C12H19BrN4S. The molecular weight excluding hydrogens is 312 g/mol. The van der Waals surface area contributed by atoms with Gasteiger partial charge >= 0.3 is 0 Å². The molecule has 18 heavy (non-hydrogen) atoms. The van der Waals surface area contributed by atoms with Gasteiger partial charge in [-0.05, 0) is 48.4 Å². The second-order valence-electron chi connectivity index (χ2n) is 3.99. The summed E-state index contributed by atoms with van der Waals surface area (Å²) in [6.07, 6.45) is 2.76. The highest BCUT2D eigenvalue weighted by molar-refractivity contribution is 9.10.